The van der Waals surface area contributed by atoms with Crippen molar-refractivity contribution >= 4 is 5.69 Å². The number of piperazine rings is 1. The van der Waals surface area contributed by atoms with E-state index in [9.17, 15) is 9.30 Å². The number of nitroso groups, excluding NO2 is 1. The van der Waals surface area contributed by atoms with Crippen molar-refractivity contribution in [3.8, 4) is 11.5 Å². The molecule has 160 valence electrons. The quantitative estimate of drug-likeness (QED) is 0.641. The Bertz CT molecular complexity index is 871. The third-order valence-electron chi connectivity index (χ3n) is 6.07. The molecular formula is C23H28FN3O3. The van der Waals surface area contributed by atoms with Crippen LogP contribution in [0.1, 0.15) is 24.8 Å². The van der Waals surface area contributed by atoms with Crippen molar-refractivity contribution < 1.29 is 13.9 Å². The van der Waals surface area contributed by atoms with E-state index in [4.69, 9.17) is 9.47 Å². The molecule has 2 aliphatic heterocycles. The number of hydrogen-bond acceptors (Lipinski definition) is 6. The Morgan fingerprint density at radius 3 is 2.57 bits per heavy atom. The fourth-order valence-corrected chi connectivity index (χ4v) is 4.35. The minimum absolute atomic E-state index is 0.214. The molecule has 0 bridgehead atoms. The molecule has 30 heavy (non-hydrogen) atoms. The Hall–Kier alpha value is -2.67. The van der Waals surface area contributed by atoms with Crippen LogP contribution in [0.25, 0.3) is 0 Å². The number of nitrogens with zero attached hydrogens (tertiary/aromatic N) is 3. The monoisotopic (exact) mass is 413 g/mol. The Balaban J connectivity index is 1.37. The van der Waals surface area contributed by atoms with Gasteiger partial charge in [0.2, 0.25) is 0 Å². The Labute approximate surface area is 176 Å². The summed E-state index contributed by atoms with van der Waals surface area (Å²) in [5, 5.41) is 3.19. The van der Waals surface area contributed by atoms with Crippen molar-refractivity contribution in [2.24, 2.45) is 5.18 Å². The van der Waals surface area contributed by atoms with Gasteiger partial charge in [-0.05, 0) is 43.7 Å². The van der Waals surface area contributed by atoms with E-state index in [1.807, 2.05) is 18.2 Å². The average Bonchev–Trinajstić information content (AvgIpc) is 2.80. The summed E-state index contributed by atoms with van der Waals surface area (Å²) in [6.07, 6.45) is 0.700. The molecule has 2 aromatic rings. The van der Waals surface area contributed by atoms with Gasteiger partial charge in [0.25, 0.3) is 0 Å². The van der Waals surface area contributed by atoms with Gasteiger partial charge in [0, 0.05) is 32.1 Å². The van der Waals surface area contributed by atoms with Gasteiger partial charge in [-0.3, -0.25) is 4.90 Å². The molecule has 2 unspecified atom stereocenters. The first kappa shape index (κ1) is 20.6. The van der Waals surface area contributed by atoms with E-state index in [1.165, 1.54) is 6.07 Å². The van der Waals surface area contributed by atoms with E-state index in [0.29, 0.717) is 25.2 Å². The highest BCUT2D eigenvalue weighted by molar-refractivity contribution is 5.65. The van der Waals surface area contributed by atoms with Crippen molar-refractivity contribution in [2.45, 2.75) is 25.3 Å². The van der Waals surface area contributed by atoms with E-state index in [2.05, 4.69) is 21.0 Å². The predicted octanol–water partition coefficient (Wildman–Crippen LogP) is 4.05. The number of fused-ring (bicyclic) bond motifs is 1. The van der Waals surface area contributed by atoms with E-state index < -0.39 is 6.04 Å². The summed E-state index contributed by atoms with van der Waals surface area (Å²) < 4.78 is 25.8. The molecule has 1 saturated heterocycles. The van der Waals surface area contributed by atoms with Crippen LogP contribution in [0.3, 0.4) is 0 Å². The van der Waals surface area contributed by atoms with E-state index in [0.717, 1.165) is 49.9 Å². The van der Waals surface area contributed by atoms with Gasteiger partial charge in [0.05, 0.1) is 11.7 Å². The summed E-state index contributed by atoms with van der Waals surface area (Å²) in [4.78, 5) is 15.9. The van der Waals surface area contributed by atoms with Crippen molar-refractivity contribution in [1.82, 2.24) is 4.90 Å². The zero-order chi connectivity index (χ0) is 20.9. The summed E-state index contributed by atoms with van der Waals surface area (Å²) in [6.45, 7) is 7.29. The first-order valence-corrected chi connectivity index (χ1v) is 10.6. The number of anilines is 1. The normalized spacial score (nSPS) is 18.7. The zero-order valence-corrected chi connectivity index (χ0v) is 17.3. The predicted molar refractivity (Wildman–Crippen MR) is 115 cm³/mol. The highest BCUT2D eigenvalue weighted by Crippen LogP contribution is 2.39. The van der Waals surface area contributed by atoms with Crippen molar-refractivity contribution in [3.63, 3.8) is 0 Å². The summed E-state index contributed by atoms with van der Waals surface area (Å²) >= 11 is 0. The second kappa shape index (κ2) is 9.43. The minimum Gasteiger partial charge on any atom is -0.486 e. The Morgan fingerprint density at radius 1 is 1.03 bits per heavy atom. The number of rotatable bonds is 7. The second-order valence-corrected chi connectivity index (χ2v) is 7.89. The van der Waals surface area contributed by atoms with E-state index in [1.54, 1.807) is 19.1 Å². The first-order chi connectivity index (χ1) is 14.7. The zero-order valence-electron chi connectivity index (χ0n) is 17.3. The van der Waals surface area contributed by atoms with Crippen LogP contribution < -0.4 is 14.4 Å². The van der Waals surface area contributed by atoms with Crippen LogP contribution in [0.2, 0.25) is 0 Å². The fourth-order valence-electron chi connectivity index (χ4n) is 4.35. The molecule has 0 aromatic heterocycles. The van der Waals surface area contributed by atoms with Gasteiger partial charge in [-0.25, -0.2) is 4.39 Å². The maximum Gasteiger partial charge on any atom is 0.184 e. The average molecular weight is 413 g/mol. The van der Waals surface area contributed by atoms with Gasteiger partial charge >= 0.3 is 0 Å². The van der Waals surface area contributed by atoms with Crippen LogP contribution in [-0.2, 0) is 0 Å². The fraction of sp³-hybridized carbons (Fsp3) is 0.478. The van der Waals surface area contributed by atoms with Gasteiger partial charge in [0.15, 0.2) is 11.5 Å². The topological polar surface area (TPSA) is 54.4 Å². The largest absolute Gasteiger partial charge is 0.486 e. The number of hydrogen-bond donors (Lipinski definition) is 0. The van der Waals surface area contributed by atoms with E-state index >= 15 is 0 Å². The molecule has 2 aromatic carbocycles. The number of para-hydroxylation sites is 1. The first-order valence-electron chi connectivity index (χ1n) is 10.6. The molecule has 7 heteroatoms. The lowest BCUT2D eigenvalue weighted by Gasteiger charge is -2.38. The third kappa shape index (κ3) is 4.41. The van der Waals surface area contributed by atoms with Crippen LogP contribution in [0, 0.1) is 10.7 Å². The van der Waals surface area contributed by atoms with Gasteiger partial charge < -0.3 is 14.4 Å². The van der Waals surface area contributed by atoms with Crippen LogP contribution >= 0.6 is 0 Å². The number of halogens is 1. The summed E-state index contributed by atoms with van der Waals surface area (Å²) in [5.74, 6) is 1.17. The number of benzene rings is 2. The van der Waals surface area contributed by atoms with Crippen molar-refractivity contribution in [2.75, 3.05) is 50.8 Å². The van der Waals surface area contributed by atoms with Crippen molar-refractivity contribution in [3.05, 3.63) is 58.8 Å². The molecule has 0 N–H and O–H groups in total. The second-order valence-electron chi connectivity index (χ2n) is 7.89. The molecular weight excluding hydrogens is 385 g/mol. The molecule has 0 radical (unpaired) electrons. The summed E-state index contributed by atoms with van der Waals surface area (Å²) in [7, 11) is 0. The molecule has 0 amide bonds. The van der Waals surface area contributed by atoms with Crippen LogP contribution in [0.5, 0.6) is 11.5 Å². The molecule has 2 atom stereocenters. The van der Waals surface area contributed by atoms with E-state index in [-0.39, 0.29) is 11.7 Å². The molecule has 6 nitrogen and oxygen atoms in total. The summed E-state index contributed by atoms with van der Waals surface area (Å²) in [5.41, 5.74) is 1.66. The maximum absolute atomic E-state index is 14.3. The highest BCUT2D eigenvalue weighted by Gasteiger charge is 2.26. The highest BCUT2D eigenvalue weighted by atomic mass is 19.1. The van der Waals surface area contributed by atoms with Gasteiger partial charge in [-0.1, -0.05) is 29.4 Å². The Morgan fingerprint density at radius 2 is 1.80 bits per heavy atom. The SMILES string of the molecule is CC(N=O)C(CCN1CCN(c2cccc3c2OCCO3)CC1)c1ccccc1F. The molecule has 0 spiro atoms. The molecule has 1 fully saturated rings. The molecule has 0 aliphatic carbocycles. The lowest BCUT2D eigenvalue weighted by atomic mass is 9.89. The maximum atomic E-state index is 14.3. The van der Waals surface area contributed by atoms with Crippen LogP contribution in [0.15, 0.2) is 47.6 Å². The van der Waals surface area contributed by atoms with Crippen LogP contribution in [-0.4, -0.2) is 56.9 Å². The standard InChI is InChI=1S/C23H28FN3O3/c1-17(25-28)18(19-5-2-3-6-20(19)24)9-10-26-11-13-27(14-12-26)21-7-4-8-22-23(21)30-16-15-29-22/h2-8,17-18H,9-16H2,1H3. The van der Waals surface area contributed by atoms with Crippen molar-refractivity contribution in [1.29, 1.82) is 0 Å². The lowest BCUT2D eigenvalue weighted by Crippen LogP contribution is -2.47. The number of ether oxygens (including phenoxy) is 2. The lowest BCUT2D eigenvalue weighted by molar-refractivity contribution is 0.171. The summed E-state index contributed by atoms with van der Waals surface area (Å²) in [6, 6.07) is 12.3. The Kier molecular flexibility index (Phi) is 6.47. The van der Waals surface area contributed by atoms with Crippen LogP contribution in [0.4, 0.5) is 10.1 Å². The smallest absolute Gasteiger partial charge is 0.184 e. The molecule has 2 heterocycles. The molecule has 4 rings (SSSR count). The molecule has 0 saturated carbocycles. The van der Waals surface area contributed by atoms with Gasteiger partial charge in [-0.15, -0.1) is 0 Å². The third-order valence-corrected chi connectivity index (χ3v) is 6.07. The molecule has 2 aliphatic rings. The minimum atomic E-state index is -0.462. The van der Waals surface area contributed by atoms with Gasteiger partial charge in [-0.2, -0.15) is 4.91 Å². The van der Waals surface area contributed by atoms with Gasteiger partial charge in [0.1, 0.15) is 19.0 Å².